The second kappa shape index (κ2) is 9.85. The molecule has 5 nitrogen and oxygen atoms in total. The highest BCUT2D eigenvalue weighted by molar-refractivity contribution is 7.89. The van der Waals surface area contributed by atoms with Crippen LogP contribution >= 0.6 is 0 Å². The zero-order valence-corrected chi connectivity index (χ0v) is 23.9. The molecule has 2 atom stereocenters. The highest BCUT2D eigenvalue weighted by Gasteiger charge is 2.45. The Morgan fingerprint density at radius 3 is 2.17 bits per heavy atom. The lowest BCUT2D eigenvalue weighted by Gasteiger charge is -2.47. The van der Waals surface area contributed by atoms with E-state index in [1.807, 2.05) is 18.2 Å². The number of hydrazone groups is 1. The Morgan fingerprint density at radius 2 is 1.58 bits per heavy atom. The molecule has 2 aliphatic rings. The highest BCUT2D eigenvalue weighted by atomic mass is 32.2. The van der Waals surface area contributed by atoms with Gasteiger partial charge in [0, 0.05) is 11.6 Å². The minimum Gasteiger partial charge on any atom is -0.487 e. The number of hydrogen-bond donors (Lipinski definition) is 1. The largest absolute Gasteiger partial charge is 0.487 e. The SMILES string of the molecule is CC(C)c1cc(C(C)C)c(S(=O)(=O)N/N=C2\CC[C@@H]3[C@@H](C2)c2ccccc2OC3(C)C)c(C(C)C)c1. The molecule has 2 aromatic carbocycles. The smallest absolute Gasteiger partial charge is 0.277 e. The number of rotatable bonds is 6. The molecule has 1 N–H and O–H groups in total. The minimum atomic E-state index is -3.83. The Balaban J connectivity index is 1.68. The van der Waals surface area contributed by atoms with E-state index in [2.05, 4.69) is 83.5 Å². The molecular formula is C30H42N2O3S. The van der Waals surface area contributed by atoms with Gasteiger partial charge in [0.05, 0.1) is 4.90 Å². The monoisotopic (exact) mass is 510 g/mol. The second-order valence-corrected chi connectivity index (χ2v) is 13.6. The van der Waals surface area contributed by atoms with Gasteiger partial charge in [-0.15, -0.1) is 0 Å². The van der Waals surface area contributed by atoms with Crippen LogP contribution in [0, 0.1) is 5.92 Å². The summed E-state index contributed by atoms with van der Waals surface area (Å²) in [6.45, 7) is 16.8. The molecular weight excluding hydrogens is 468 g/mol. The van der Waals surface area contributed by atoms with Gasteiger partial charge in [-0.05, 0) is 85.1 Å². The van der Waals surface area contributed by atoms with Crippen molar-refractivity contribution >= 4 is 15.7 Å². The van der Waals surface area contributed by atoms with Crippen molar-refractivity contribution in [2.45, 2.75) is 109 Å². The van der Waals surface area contributed by atoms with Crippen LogP contribution in [0.2, 0.25) is 0 Å². The average molecular weight is 511 g/mol. The van der Waals surface area contributed by atoms with E-state index in [-0.39, 0.29) is 23.4 Å². The molecule has 6 heteroatoms. The topological polar surface area (TPSA) is 67.8 Å². The number of nitrogens with zero attached hydrogens (tertiary/aromatic N) is 1. The number of nitrogens with one attached hydrogen (secondary N) is 1. The molecule has 0 bridgehead atoms. The van der Waals surface area contributed by atoms with Crippen molar-refractivity contribution in [3.63, 3.8) is 0 Å². The molecule has 4 rings (SSSR count). The summed E-state index contributed by atoms with van der Waals surface area (Å²) >= 11 is 0. The normalized spacial score (nSPS) is 22.5. The Bertz CT molecular complexity index is 1230. The van der Waals surface area contributed by atoms with Crippen LogP contribution < -0.4 is 9.57 Å². The van der Waals surface area contributed by atoms with E-state index in [9.17, 15) is 8.42 Å². The maximum Gasteiger partial charge on any atom is 0.277 e. The first kappa shape index (κ1) is 26.7. The molecule has 1 saturated carbocycles. The van der Waals surface area contributed by atoms with E-state index >= 15 is 0 Å². The van der Waals surface area contributed by atoms with E-state index in [4.69, 9.17) is 4.74 Å². The molecule has 1 aliphatic heterocycles. The third-order valence-electron chi connectivity index (χ3n) is 7.94. The molecule has 0 amide bonds. The molecule has 2 aromatic rings. The van der Waals surface area contributed by atoms with Gasteiger partial charge in [0.1, 0.15) is 11.4 Å². The van der Waals surface area contributed by atoms with Gasteiger partial charge in [-0.25, -0.2) is 4.83 Å². The summed E-state index contributed by atoms with van der Waals surface area (Å²) in [5.41, 5.74) is 4.74. The van der Waals surface area contributed by atoms with Crippen molar-refractivity contribution in [3.8, 4) is 5.75 Å². The first-order valence-corrected chi connectivity index (χ1v) is 14.8. The van der Waals surface area contributed by atoms with Gasteiger partial charge in [0.2, 0.25) is 0 Å². The Kier molecular flexibility index (Phi) is 7.31. The van der Waals surface area contributed by atoms with Crippen LogP contribution in [-0.2, 0) is 10.0 Å². The summed E-state index contributed by atoms with van der Waals surface area (Å²) < 4.78 is 33.8. The summed E-state index contributed by atoms with van der Waals surface area (Å²) in [4.78, 5) is 3.05. The van der Waals surface area contributed by atoms with Crippen molar-refractivity contribution in [2.24, 2.45) is 11.0 Å². The summed E-state index contributed by atoms with van der Waals surface area (Å²) in [6, 6.07) is 12.3. The number of para-hydroxylation sites is 1. The Morgan fingerprint density at radius 1 is 0.972 bits per heavy atom. The fraction of sp³-hybridized carbons (Fsp3) is 0.567. The van der Waals surface area contributed by atoms with Gasteiger partial charge >= 0.3 is 0 Å². The maximum atomic E-state index is 13.8. The van der Waals surface area contributed by atoms with E-state index in [0.717, 1.165) is 41.9 Å². The lowest BCUT2D eigenvalue weighted by atomic mass is 9.66. The number of hydrogen-bond acceptors (Lipinski definition) is 4. The van der Waals surface area contributed by atoms with Crippen molar-refractivity contribution < 1.29 is 13.2 Å². The summed E-state index contributed by atoms with van der Waals surface area (Å²) in [5, 5.41) is 4.54. The molecule has 0 spiro atoms. The molecule has 0 unspecified atom stereocenters. The number of sulfonamides is 1. The summed E-state index contributed by atoms with van der Waals surface area (Å²) in [5.74, 6) is 2.05. The molecule has 0 radical (unpaired) electrons. The van der Waals surface area contributed by atoms with E-state index in [1.54, 1.807) is 0 Å². The van der Waals surface area contributed by atoms with Crippen molar-refractivity contribution in [1.82, 2.24) is 4.83 Å². The summed E-state index contributed by atoms with van der Waals surface area (Å²) in [7, 11) is -3.83. The lowest BCUT2D eigenvalue weighted by molar-refractivity contribution is 0.00427. The van der Waals surface area contributed by atoms with Crippen molar-refractivity contribution in [1.29, 1.82) is 0 Å². The van der Waals surface area contributed by atoms with Crippen LogP contribution in [0.4, 0.5) is 0 Å². The van der Waals surface area contributed by atoms with E-state index < -0.39 is 10.0 Å². The predicted octanol–water partition coefficient (Wildman–Crippen LogP) is 7.45. The molecule has 0 saturated heterocycles. The molecule has 1 fully saturated rings. The van der Waals surface area contributed by atoms with Crippen LogP contribution in [0.15, 0.2) is 46.4 Å². The van der Waals surface area contributed by atoms with Crippen molar-refractivity contribution in [3.05, 3.63) is 58.7 Å². The number of ether oxygens (including phenoxy) is 1. The standard InChI is InChI=1S/C30H42N2O3S/c1-18(2)21-15-24(19(3)4)29(25(16-21)20(5)6)36(33,34)32-31-22-13-14-27-26(17-22)23-11-9-10-12-28(23)35-30(27,7)8/h9-12,15-16,18-20,26-27,32H,13-14,17H2,1-8H3/b31-22+/t26-,27+/m0/s1. The molecule has 1 heterocycles. The highest BCUT2D eigenvalue weighted by Crippen LogP contribution is 2.50. The van der Waals surface area contributed by atoms with Gasteiger partial charge in [-0.3, -0.25) is 0 Å². The van der Waals surface area contributed by atoms with Crippen LogP contribution in [0.3, 0.4) is 0 Å². The van der Waals surface area contributed by atoms with Gasteiger partial charge in [-0.2, -0.15) is 13.5 Å². The third kappa shape index (κ3) is 5.06. The number of fused-ring (bicyclic) bond motifs is 3. The fourth-order valence-electron chi connectivity index (χ4n) is 5.89. The lowest BCUT2D eigenvalue weighted by Crippen LogP contribution is -2.47. The fourth-order valence-corrected chi connectivity index (χ4v) is 7.44. The quantitative estimate of drug-likeness (QED) is 0.411. The Hall–Kier alpha value is -2.34. The van der Waals surface area contributed by atoms with Crippen molar-refractivity contribution in [2.75, 3.05) is 0 Å². The van der Waals surface area contributed by atoms with Crippen LogP contribution in [0.1, 0.15) is 121 Å². The van der Waals surface area contributed by atoms with Crippen LogP contribution in [0.25, 0.3) is 0 Å². The first-order valence-electron chi connectivity index (χ1n) is 13.3. The maximum absolute atomic E-state index is 13.8. The van der Waals surface area contributed by atoms with E-state index in [1.165, 1.54) is 11.1 Å². The summed E-state index contributed by atoms with van der Waals surface area (Å²) in [6.07, 6.45) is 2.42. The number of benzene rings is 2. The third-order valence-corrected chi connectivity index (χ3v) is 9.28. The minimum absolute atomic E-state index is 0.0804. The predicted molar refractivity (Wildman–Crippen MR) is 148 cm³/mol. The van der Waals surface area contributed by atoms with Crippen LogP contribution in [-0.4, -0.2) is 19.7 Å². The molecule has 36 heavy (non-hydrogen) atoms. The first-order chi connectivity index (χ1) is 16.8. The average Bonchev–Trinajstić information content (AvgIpc) is 2.81. The van der Waals surface area contributed by atoms with Crippen LogP contribution in [0.5, 0.6) is 5.75 Å². The van der Waals surface area contributed by atoms with Gasteiger partial charge < -0.3 is 4.74 Å². The Labute approximate surface area is 217 Å². The zero-order valence-electron chi connectivity index (χ0n) is 23.1. The molecule has 1 aliphatic carbocycles. The second-order valence-electron chi connectivity index (χ2n) is 12.0. The van der Waals surface area contributed by atoms with Gasteiger partial charge in [0.15, 0.2) is 0 Å². The van der Waals surface area contributed by atoms with Gasteiger partial charge in [-0.1, -0.05) is 71.9 Å². The zero-order chi connectivity index (χ0) is 26.4. The molecule has 196 valence electrons. The van der Waals surface area contributed by atoms with E-state index in [0.29, 0.717) is 16.7 Å². The molecule has 0 aromatic heterocycles. The van der Waals surface area contributed by atoms with Gasteiger partial charge in [0.25, 0.3) is 10.0 Å².